The number of benzene rings is 2. The summed E-state index contributed by atoms with van der Waals surface area (Å²) in [6, 6.07) is 14.4. The van der Waals surface area contributed by atoms with Crippen LogP contribution in [0.3, 0.4) is 0 Å². The Morgan fingerprint density at radius 2 is 1.65 bits per heavy atom. The first kappa shape index (κ1) is 14.1. The van der Waals surface area contributed by atoms with Crippen LogP contribution >= 0.6 is 0 Å². The zero-order valence-corrected chi connectivity index (χ0v) is 11.9. The Bertz CT molecular complexity index is 585. The smallest absolute Gasteiger partial charge is 0.196 e. The Kier molecular flexibility index (Phi) is 4.41. The average molecular weight is 270 g/mol. The number of methoxy groups -OCH3 is 1. The molecule has 3 heteroatoms. The van der Waals surface area contributed by atoms with Gasteiger partial charge in [-0.2, -0.15) is 0 Å². The quantitative estimate of drug-likeness (QED) is 0.777. The Morgan fingerprint density at radius 1 is 1.00 bits per heavy atom. The lowest BCUT2D eigenvalue weighted by molar-refractivity contribution is 0.103. The largest absolute Gasteiger partial charge is 0.496 e. The molecule has 0 aliphatic heterocycles. The van der Waals surface area contributed by atoms with Crippen molar-refractivity contribution in [1.29, 1.82) is 0 Å². The number of hydrogen-bond acceptors (Lipinski definition) is 3. The maximum atomic E-state index is 12.4. The molecule has 0 amide bonds. The third-order valence-electron chi connectivity index (χ3n) is 2.84. The van der Waals surface area contributed by atoms with Gasteiger partial charge in [0.15, 0.2) is 5.78 Å². The van der Waals surface area contributed by atoms with Crippen molar-refractivity contribution in [2.75, 3.05) is 7.11 Å². The SMILES string of the molecule is COc1ccccc1C(=O)c1ccc(OC(C)C)cc1. The van der Waals surface area contributed by atoms with E-state index in [0.29, 0.717) is 16.9 Å². The van der Waals surface area contributed by atoms with Gasteiger partial charge >= 0.3 is 0 Å². The van der Waals surface area contributed by atoms with Gasteiger partial charge in [0.25, 0.3) is 0 Å². The van der Waals surface area contributed by atoms with E-state index in [9.17, 15) is 4.79 Å². The number of ketones is 1. The van der Waals surface area contributed by atoms with Crippen molar-refractivity contribution < 1.29 is 14.3 Å². The fourth-order valence-corrected chi connectivity index (χ4v) is 1.94. The van der Waals surface area contributed by atoms with Crippen LogP contribution in [-0.2, 0) is 0 Å². The van der Waals surface area contributed by atoms with Gasteiger partial charge in [-0.3, -0.25) is 4.79 Å². The second-order valence-electron chi connectivity index (χ2n) is 4.72. The number of ether oxygens (including phenoxy) is 2. The first-order chi connectivity index (χ1) is 9.61. The average Bonchev–Trinajstić information content (AvgIpc) is 2.46. The van der Waals surface area contributed by atoms with Crippen molar-refractivity contribution >= 4 is 5.78 Å². The van der Waals surface area contributed by atoms with Gasteiger partial charge < -0.3 is 9.47 Å². The molecule has 0 N–H and O–H groups in total. The molecule has 0 aromatic heterocycles. The zero-order valence-electron chi connectivity index (χ0n) is 11.9. The molecule has 0 saturated heterocycles. The third kappa shape index (κ3) is 3.18. The van der Waals surface area contributed by atoms with Crippen LogP contribution in [0.1, 0.15) is 29.8 Å². The molecule has 0 heterocycles. The minimum absolute atomic E-state index is 0.0569. The van der Waals surface area contributed by atoms with E-state index in [-0.39, 0.29) is 11.9 Å². The van der Waals surface area contributed by atoms with Crippen molar-refractivity contribution in [2.45, 2.75) is 20.0 Å². The fourth-order valence-electron chi connectivity index (χ4n) is 1.94. The van der Waals surface area contributed by atoms with E-state index in [2.05, 4.69) is 0 Å². The summed E-state index contributed by atoms with van der Waals surface area (Å²) in [5.41, 5.74) is 1.18. The molecule has 0 spiro atoms. The molecule has 2 aromatic carbocycles. The van der Waals surface area contributed by atoms with Gasteiger partial charge in [0.1, 0.15) is 11.5 Å². The van der Waals surface area contributed by atoms with Gasteiger partial charge in [0.2, 0.25) is 0 Å². The van der Waals surface area contributed by atoms with Crippen molar-refractivity contribution in [2.24, 2.45) is 0 Å². The molecule has 3 nitrogen and oxygen atoms in total. The van der Waals surface area contributed by atoms with E-state index >= 15 is 0 Å². The molecule has 0 aliphatic carbocycles. The lowest BCUT2D eigenvalue weighted by atomic mass is 10.0. The summed E-state index contributed by atoms with van der Waals surface area (Å²) >= 11 is 0. The summed E-state index contributed by atoms with van der Waals surface area (Å²) in [7, 11) is 1.56. The Morgan fingerprint density at radius 3 is 2.25 bits per heavy atom. The highest BCUT2D eigenvalue weighted by Crippen LogP contribution is 2.22. The fraction of sp³-hybridized carbons (Fsp3) is 0.235. The zero-order chi connectivity index (χ0) is 14.5. The van der Waals surface area contributed by atoms with Crippen LogP contribution in [0.4, 0.5) is 0 Å². The second kappa shape index (κ2) is 6.24. The highest BCUT2D eigenvalue weighted by atomic mass is 16.5. The highest BCUT2D eigenvalue weighted by molar-refractivity contribution is 6.10. The maximum absolute atomic E-state index is 12.4. The molecule has 0 radical (unpaired) electrons. The van der Waals surface area contributed by atoms with Crippen LogP contribution in [0.15, 0.2) is 48.5 Å². The molecular weight excluding hydrogens is 252 g/mol. The third-order valence-corrected chi connectivity index (χ3v) is 2.84. The monoisotopic (exact) mass is 270 g/mol. The van der Waals surface area contributed by atoms with Crippen LogP contribution in [0.25, 0.3) is 0 Å². The van der Waals surface area contributed by atoms with Gasteiger partial charge in [-0.15, -0.1) is 0 Å². The predicted molar refractivity (Wildman–Crippen MR) is 78.6 cm³/mol. The summed E-state index contributed by atoms with van der Waals surface area (Å²) in [5, 5.41) is 0. The summed E-state index contributed by atoms with van der Waals surface area (Å²) < 4.78 is 10.8. The van der Waals surface area contributed by atoms with Crippen molar-refractivity contribution in [1.82, 2.24) is 0 Å². The molecule has 20 heavy (non-hydrogen) atoms. The van der Waals surface area contributed by atoms with E-state index in [1.54, 1.807) is 31.4 Å². The van der Waals surface area contributed by atoms with E-state index in [1.165, 1.54) is 0 Å². The topological polar surface area (TPSA) is 35.5 Å². The normalized spacial score (nSPS) is 10.4. The van der Waals surface area contributed by atoms with Gasteiger partial charge in [0, 0.05) is 5.56 Å². The van der Waals surface area contributed by atoms with Gasteiger partial charge in [-0.05, 0) is 50.2 Å². The summed E-state index contributed by atoms with van der Waals surface area (Å²) in [6.45, 7) is 3.93. The molecule has 104 valence electrons. The summed E-state index contributed by atoms with van der Waals surface area (Å²) in [4.78, 5) is 12.4. The van der Waals surface area contributed by atoms with Crippen LogP contribution < -0.4 is 9.47 Å². The first-order valence-corrected chi connectivity index (χ1v) is 6.56. The molecule has 0 aliphatic rings. The Hall–Kier alpha value is -2.29. The van der Waals surface area contributed by atoms with Gasteiger partial charge in [-0.1, -0.05) is 12.1 Å². The molecule has 0 saturated carbocycles. The maximum Gasteiger partial charge on any atom is 0.196 e. The molecule has 0 unspecified atom stereocenters. The number of carbonyl (C=O) groups is 1. The predicted octanol–water partition coefficient (Wildman–Crippen LogP) is 3.71. The van der Waals surface area contributed by atoms with Gasteiger partial charge in [0.05, 0.1) is 18.8 Å². The first-order valence-electron chi connectivity index (χ1n) is 6.56. The van der Waals surface area contributed by atoms with E-state index in [4.69, 9.17) is 9.47 Å². The number of rotatable bonds is 5. The molecular formula is C17H18O3. The Labute approximate surface area is 119 Å². The van der Waals surface area contributed by atoms with Gasteiger partial charge in [-0.25, -0.2) is 0 Å². The van der Waals surface area contributed by atoms with E-state index in [0.717, 1.165) is 5.75 Å². The molecule has 0 atom stereocenters. The number of hydrogen-bond donors (Lipinski definition) is 0. The summed E-state index contributed by atoms with van der Waals surface area (Å²) in [6.07, 6.45) is 0.116. The van der Waals surface area contributed by atoms with Crippen LogP contribution in [0.5, 0.6) is 11.5 Å². The van der Waals surface area contributed by atoms with Crippen molar-refractivity contribution in [3.8, 4) is 11.5 Å². The highest BCUT2D eigenvalue weighted by Gasteiger charge is 2.13. The van der Waals surface area contributed by atoms with Crippen molar-refractivity contribution in [3.05, 3.63) is 59.7 Å². The lowest BCUT2D eigenvalue weighted by Crippen LogP contribution is -2.06. The number of para-hydroxylation sites is 1. The summed E-state index contributed by atoms with van der Waals surface area (Å²) in [5.74, 6) is 1.29. The number of carbonyl (C=O) groups excluding carboxylic acids is 1. The van der Waals surface area contributed by atoms with Crippen molar-refractivity contribution in [3.63, 3.8) is 0 Å². The minimum Gasteiger partial charge on any atom is -0.496 e. The second-order valence-corrected chi connectivity index (χ2v) is 4.72. The van der Waals surface area contributed by atoms with E-state index in [1.807, 2.05) is 38.1 Å². The minimum atomic E-state index is -0.0569. The van der Waals surface area contributed by atoms with Crippen LogP contribution in [0.2, 0.25) is 0 Å². The molecule has 2 aromatic rings. The van der Waals surface area contributed by atoms with Crippen LogP contribution in [0, 0.1) is 0 Å². The van der Waals surface area contributed by atoms with Crippen LogP contribution in [-0.4, -0.2) is 19.0 Å². The molecule has 0 fully saturated rings. The van der Waals surface area contributed by atoms with E-state index < -0.39 is 0 Å². The standard InChI is InChI=1S/C17H18O3/c1-12(2)20-14-10-8-13(9-11-14)17(18)15-6-4-5-7-16(15)19-3/h4-12H,1-3H3. The lowest BCUT2D eigenvalue weighted by Gasteiger charge is -2.10. The Balaban J connectivity index is 2.25. The molecule has 0 bridgehead atoms. The molecule has 2 rings (SSSR count).